The molecule has 0 saturated heterocycles. The number of methoxy groups -OCH3 is 1. The van der Waals surface area contributed by atoms with E-state index < -0.39 is 5.09 Å². The standard InChI is InChI=1S/C9H10O2.HNO3/c1-7-3-5-8(6-4-7)9(10)11-2;2-1(3)4/h3-6H,1-2H3;(H,2,3,4). The highest BCUT2D eigenvalue weighted by atomic mass is 16.9. The Kier molecular flexibility index (Phi) is 5.47. The third-order valence-corrected chi connectivity index (χ3v) is 1.47. The van der Waals surface area contributed by atoms with E-state index in [0.717, 1.165) is 5.56 Å². The Morgan fingerprint density at radius 3 is 2.13 bits per heavy atom. The minimum absolute atomic E-state index is 0.287. The first-order valence-electron chi connectivity index (χ1n) is 3.95. The lowest BCUT2D eigenvalue weighted by Crippen LogP contribution is -2.00. The first-order chi connectivity index (χ1) is 6.97. The summed E-state index contributed by atoms with van der Waals surface area (Å²) in [6.45, 7) is 1.97. The molecular weight excluding hydrogens is 202 g/mol. The van der Waals surface area contributed by atoms with Gasteiger partial charge in [0.25, 0.3) is 5.09 Å². The number of hydrogen-bond donors (Lipinski definition) is 1. The third kappa shape index (κ3) is 6.03. The van der Waals surface area contributed by atoms with Crippen LogP contribution in [0.25, 0.3) is 0 Å². The number of carbonyl (C=O) groups is 1. The van der Waals surface area contributed by atoms with E-state index in [2.05, 4.69) is 4.74 Å². The van der Waals surface area contributed by atoms with Crippen molar-refractivity contribution in [3.63, 3.8) is 0 Å². The maximum Gasteiger partial charge on any atom is 0.337 e. The molecule has 0 aromatic heterocycles. The maximum atomic E-state index is 10.9. The van der Waals surface area contributed by atoms with Gasteiger partial charge in [-0.2, -0.15) is 0 Å². The molecule has 1 aromatic rings. The summed E-state index contributed by atoms with van der Waals surface area (Å²) in [5.41, 5.74) is 1.73. The van der Waals surface area contributed by atoms with Crippen LogP contribution in [0.4, 0.5) is 0 Å². The van der Waals surface area contributed by atoms with Crippen molar-refractivity contribution >= 4 is 5.97 Å². The normalized spacial score (nSPS) is 8.40. The molecule has 1 rings (SSSR count). The smallest absolute Gasteiger partial charge is 0.337 e. The molecule has 0 radical (unpaired) electrons. The van der Waals surface area contributed by atoms with Gasteiger partial charge in [-0.05, 0) is 19.1 Å². The SMILES string of the molecule is COC(=O)c1ccc(C)cc1.O=[N+]([O-])O. The van der Waals surface area contributed by atoms with E-state index in [0.29, 0.717) is 5.56 Å². The summed E-state index contributed by atoms with van der Waals surface area (Å²) in [6, 6.07) is 7.26. The number of rotatable bonds is 1. The molecule has 0 saturated carbocycles. The molecule has 1 N–H and O–H groups in total. The van der Waals surface area contributed by atoms with E-state index in [-0.39, 0.29) is 5.97 Å². The van der Waals surface area contributed by atoms with Crippen molar-refractivity contribution in [3.8, 4) is 0 Å². The Morgan fingerprint density at radius 1 is 1.40 bits per heavy atom. The molecule has 6 heteroatoms. The zero-order valence-corrected chi connectivity index (χ0v) is 8.34. The molecule has 0 heterocycles. The lowest BCUT2D eigenvalue weighted by Gasteiger charge is -1.97. The number of carbonyl (C=O) groups excluding carboxylic acids is 1. The van der Waals surface area contributed by atoms with Gasteiger partial charge < -0.3 is 9.94 Å². The van der Waals surface area contributed by atoms with Crippen LogP contribution in [0.2, 0.25) is 0 Å². The molecule has 0 unspecified atom stereocenters. The minimum Gasteiger partial charge on any atom is -0.465 e. The average Bonchev–Trinajstić information content (AvgIpc) is 2.17. The molecule has 1 aromatic carbocycles. The topological polar surface area (TPSA) is 89.7 Å². The molecule has 0 bridgehead atoms. The third-order valence-electron chi connectivity index (χ3n) is 1.47. The van der Waals surface area contributed by atoms with Crippen molar-refractivity contribution in [3.05, 3.63) is 45.5 Å². The van der Waals surface area contributed by atoms with Crippen molar-refractivity contribution in [2.45, 2.75) is 6.92 Å². The van der Waals surface area contributed by atoms with E-state index >= 15 is 0 Å². The summed E-state index contributed by atoms with van der Waals surface area (Å²) in [7, 11) is 1.38. The number of aryl methyl sites for hydroxylation is 1. The van der Waals surface area contributed by atoms with Crippen LogP contribution in [0.3, 0.4) is 0 Å². The summed E-state index contributed by atoms with van der Waals surface area (Å²) < 4.78 is 4.54. The Morgan fingerprint density at radius 2 is 1.80 bits per heavy atom. The molecule has 0 aliphatic rings. The highest BCUT2D eigenvalue weighted by molar-refractivity contribution is 5.89. The summed E-state index contributed by atoms with van der Waals surface area (Å²) in [4.78, 5) is 19.3. The molecule has 0 aliphatic carbocycles. The Hall–Kier alpha value is -2.11. The van der Waals surface area contributed by atoms with Gasteiger partial charge in [-0.1, -0.05) is 17.7 Å². The van der Waals surface area contributed by atoms with E-state index in [9.17, 15) is 4.79 Å². The van der Waals surface area contributed by atoms with Gasteiger partial charge in [-0.25, -0.2) is 4.79 Å². The van der Waals surface area contributed by atoms with Gasteiger partial charge in [0, 0.05) is 0 Å². The van der Waals surface area contributed by atoms with Crippen LogP contribution < -0.4 is 0 Å². The van der Waals surface area contributed by atoms with Crippen molar-refractivity contribution in [1.82, 2.24) is 0 Å². The number of esters is 1. The van der Waals surface area contributed by atoms with Crippen molar-refractivity contribution in [1.29, 1.82) is 0 Å². The fraction of sp³-hybridized carbons (Fsp3) is 0.222. The van der Waals surface area contributed by atoms with Gasteiger partial charge in [0.05, 0.1) is 12.7 Å². The number of benzene rings is 1. The highest BCUT2D eigenvalue weighted by Gasteiger charge is 2.01. The molecule has 0 fully saturated rings. The first-order valence-corrected chi connectivity index (χ1v) is 3.95. The molecule has 6 nitrogen and oxygen atoms in total. The van der Waals surface area contributed by atoms with Crippen LogP contribution >= 0.6 is 0 Å². The van der Waals surface area contributed by atoms with Crippen LogP contribution in [0.15, 0.2) is 24.3 Å². The minimum atomic E-state index is -1.50. The van der Waals surface area contributed by atoms with Crippen LogP contribution in [0.1, 0.15) is 15.9 Å². The zero-order chi connectivity index (χ0) is 11.8. The largest absolute Gasteiger partial charge is 0.465 e. The fourth-order valence-corrected chi connectivity index (χ4v) is 0.807. The molecule has 0 spiro atoms. The lowest BCUT2D eigenvalue weighted by atomic mass is 10.2. The predicted molar refractivity (Wildman–Crippen MR) is 51.3 cm³/mol. The van der Waals surface area contributed by atoms with Gasteiger partial charge in [-0.15, -0.1) is 10.1 Å². The van der Waals surface area contributed by atoms with Crippen molar-refractivity contribution in [2.24, 2.45) is 0 Å². The lowest BCUT2D eigenvalue weighted by molar-refractivity contribution is -0.742. The van der Waals surface area contributed by atoms with Crippen LogP contribution in [-0.4, -0.2) is 23.4 Å². The van der Waals surface area contributed by atoms with Crippen LogP contribution in [0, 0.1) is 17.0 Å². The second-order valence-electron chi connectivity index (χ2n) is 2.60. The molecule has 82 valence electrons. The quantitative estimate of drug-likeness (QED) is 0.433. The molecular formula is C9H11NO5. The highest BCUT2D eigenvalue weighted by Crippen LogP contribution is 2.03. The molecule has 0 aliphatic heterocycles. The van der Waals surface area contributed by atoms with Gasteiger partial charge in [0.1, 0.15) is 0 Å². The summed E-state index contributed by atoms with van der Waals surface area (Å²) >= 11 is 0. The number of nitrogens with zero attached hydrogens (tertiary/aromatic N) is 1. The molecule has 0 atom stereocenters. The second-order valence-corrected chi connectivity index (χ2v) is 2.60. The number of ether oxygens (including phenoxy) is 1. The van der Waals surface area contributed by atoms with E-state index in [1.54, 1.807) is 12.1 Å². The fourth-order valence-electron chi connectivity index (χ4n) is 0.807. The van der Waals surface area contributed by atoms with E-state index in [1.807, 2.05) is 19.1 Å². The first kappa shape index (κ1) is 12.9. The Bertz CT molecular complexity index is 329. The summed E-state index contributed by atoms with van der Waals surface area (Å²) in [6.07, 6.45) is 0. The Balaban J connectivity index is 0.000000423. The van der Waals surface area contributed by atoms with Crippen LogP contribution in [-0.2, 0) is 4.74 Å². The maximum absolute atomic E-state index is 10.9. The molecule has 0 amide bonds. The summed E-state index contributed by atoms with van der Waals surface area (Å²) in [5, 5.41) is 13.6. The molecule has 15 heavy (non-hydrogen) atoms. The monoisotopic (exact) mass is 213 g/mol. The van der Waals surface area contributed by atoms with Gasteiger partial charge >= 0.3 is 5.97 Å². The van der Waals surface area contributed by atoms with E-state index in [4.69, 9.17) is 15.3 Å². The van der Waals surface area contributed by atoms with Gasteiger partial charge in [0.15, 0.2) is 0 Å². The van der Waals surface area contributed by atoms with E-state index in [1.165, 1.54) is 7.11 Å². The Labute approximate surface area is 86.2 Å². The van der Waals surface area contributed by atoms with Crippen molar-refractivity contribution in [2.75, 3.05) is 7.11 Å². The van der Waals surface area contributed by atoms with Crippen LogP contribution in [0.5, 0.6) is 0 Å². The number of hydrogen-bond acceptors (Lipinski definition) is 4. The summed E-state index contributed by atoms with van der Waals surface area (Å²) in [5.74, 6) is -0.287. The predicted octanol–water partition coefficient (Wildman–Crippen LogP) is 1.43. The van der Waals surface area contributed by atoms with Gasteiger partial charge in [0.2, 0.25) is 0 Å². The van der Waals surface area contributed by atoms with Crippen molar-refractivity contribution < 1.29 is 19.8 Å². The average molecular weight is 213 g/mol. The van der Waals surface area contributed by atoms with Gasteiger partial charge in [-0.3, -0.25) is 0 Å². The second kappa shape index (κ2) is 6.36. The zero-order valence-electron chi connectivity index (χ0n) is 8.34.